The Balaban J connectivity index is 1.64. The maximum Gasteiger partial charge on any atom is 0.227 e. The Labute approximate surface area is 99.9 Å². The van der Waals surface area contributed by atoms with Crippen molar-refractivity contribution >= 4 is 5.91 Å². The molecule has 1 amide bonds. The summed E-state index contributed by atoms with van der Waals surface area (Å²) in [5, 5.41) is 2.97. The minimum absolute atomic E-state index is 0.0767. The van der Waals surface area contributed by atoms with Crippen molar-refractivity contribution in [2.24, 2.45) is 5.92 Å². The van der Waals surface area contributed by atoms with Crippen LogP contribution in [-0.4, -0.2) is 31.8 Å². The Kier molecular flexibility index (Phi) is 2.73. The topological polar surface area (TPSA) is 47.6 Å². The lowest BCUT2D eigenvalue weighted by atomic mass is 9.95. The average molecular weight is 233 g/mol. The summed E-state index contributed by atoms with van der Waals surface area (Å²) in [6.07, 6.45) is 0.760. The number of ether oxygens (including phenoxy) is 2. The van der Waals surface area contributed by atoms with Crippen molar-refractivity contribution in [1.29, 1.82) is 0 Å². The van der Waals surface area contributed by atoms with E-state index >= 15 is 0 Å². The summed E-state index contributed by atoms with van der Waals surface area (Å²) in [6.45, 7) is 1.74. The summed E-state index contributed by atoms with van der Waals surface area (Å²) in [7, 11) is 0. The normalized spacial score (nSPS) is 23.2. The molecule has 1 atom stereocenters. The summed E-state index contributed by atoms with van der Waals surface area (Å²) in [5.41, 5.74) is 1.11. The van der Waals surface area contributed by atoms with Gasteiger partial charge in [0.05, 0.1) is 25.2 Å². The molecular formula is C13H15NO3. The second-order valence-electron chi connectivity index (χ2n) is 4.56. The highest BCUT2D eigenvalue weighted by Gasteiger charge is 2.29. The van der Waals surface area contributed by atoms with Gasteiger partial charge in [-0.2, -0.15) is 0 Å². The van der Waals surface area contributed by atoms with Gasteiger partial charge in [0.2, 0.25) is 5.91 Å². The largest absolute Gasteiger partial charge is 0.492 e. The lowest BCUT2D eigenvalue weighted by Gasteiger charge is -2.30. The molecule has 0 radical (unpaired) electrons. The molecule has 0 bridgehead atoms. The molecule has 2 aliphatic heterocycles. The van der Waals surface area contributed by atoms with Gasteiger partial charge in [0.15, 0.2) is 0 Å². The van der Waals surface area contributed by atoms with Gasteiger partial charge in [-0.3, -0.25) is 4.79 Å². The fourth-order valence-corrected chi connectivity index (χ4v) is 2.13. The molecule has 4 nitrogen and oxygen atoms in total. The summed E-state index contributed by atoms with van der Waals surface area (Å²) in [6, 6.07) is 8.08. The molecule has 17 heavy (non-hydrogen) atoms. The molecule has 4 heteroatoms. The third kappa shape index (κ3) is 2.13. The first kappa shape index (κ1) is 10.6. The van der Waals surface area contributed by atoms with Crippen LogP contribution in [0.25, 0.3) is 0 Å². The lowest BCUT2D eigenvalue weighted by molar-refractivity contribution is -0.130. The summed E-state index contributed by atoms with van der Waals surface area (Å²) in [4.78, 5) is 12.0. The van der Waals surface area contributed by atoms with Gasteiger partial charge in [-0.05, 0) is 18.1 Å². The fraction of sp³-hybridized carbons (Fsp3) is 0.462. The molecule has 1 N–H and O–H groups in total. The smallest absolute Gasteiger partial charge is 0.227 e. The van der Waals surface area contributed by atoms with E-state index in [-0.39, 0.29) is 17.9 Å². The Bertz CT molecular complexity index is 428. The zero-order valence-corrected chi connectivity index (χ0v) is 9.52. The quantitative estimate of drug-likeness (QED) is 0.820. The van der Waals surface area contributed by atoms with E-state index in [2.05, 4.69) is 5.32 Å². The van der Waals surface area contributed by atoms with Crippen LogP contribution in [0.5, 0.6) is 5.75 Å². The second kappa shape index (κ2) is 4.37. The summed E-state index contributed by atoms with van der Waals surface area (Å²) in [5.74, 6) is 0.904. The van der Waals surface area contributed by atoms with Gasteiger partial charge in [-0.25, -0.2) is 0 Å². The molecular weight excluding hydrogens is 218 g/mol. The van der Waals surface area contributed by atoms with E-state index < -0.39 is 0 Å². The highest BCUT2D eigenvalue weighted by molar-refractivity contribution is 5.80. The SMILES string of the molecule is O=C(NC1COC1)C1COc2ccccc2C1. The number of hydrogen-bond acceptors (Lipinski definition) is 3. The van der Waals surface area contributed by atoms with Gasteiger partial charge >= 0.3 is 0 Å². The zero-order chi connectivity index (χ0) is 11.7. The summed E-state index contributed by atoms with van der Waals surface area (Å²) >= 11 is 0. The highest BCUT2D eigenvalue weighted by atomic mass is 16.5. The van der Waals surface area contributed by atoms with Crippen LogP contribution in [-0.2, 0) is 16.0 Å². The van der Waals surface area contributed by atoms with Crippen molar-refractivity contribution in [1.82, 2.24) is 5.32 Å². The number of carbonyl (C=O) groups excluding carboxylic acids is 1. The monoisotopic (exact) mass is 233 g/mol. The molecule has 2 aliphatic rings. The number of nitrogens with one attached hydrogen (secondary N) is 1. The van der Waals surface area contributed by atoms with Gasteiger partial charge in [-0.15, -0.1) is 0 Å². The molecule has 0 saturated carbocycles. The van der Waals surface area contributed by atoms with Crippen LogP contribution in [0.1, 0.15) is 5.56 Å². The predicted molar refractivity (Wildman–Crippen MR) is 61.9 cm³/mol. The molecule has 0 aliphatic carbocycles. The number of carbonyl (C=O) groups is 1. The van der Waals surface area contributed by atoms with Gasteiger partial charge in [0, 0.05) is 0 Å². The van der Waals surface area contributed by atoms with Crippen molar-refractivity contribution in [3.05, 3.63) is 29.8 Å². The van der Waals surface area contributed by atoms with Crippen LogP contribution in [0.4, 0.5) is 0 Å². The van der Waals surface area contributed by atoms with E-state index in [1.54, 1.807) is 0 Å². The average Bonchev–Trinajstić information content (AvgIpc) is 2.33. The van der Waals surface area contributed by atoms with E-state index in [1.807, 2.05) is 24.3 Å². The predicted octanol–water partition coefficient (Wildman–Crippen LogP) is 0.753. The summed E-state index contributed by atoms with van der Waals surface area (Å²) < 4.78 is 10.6. The molecule has 1 aromatic carbocycles. The van der Waals surface area contributed by atoms with Crippen molar-refractivity contribution in [3.63, 3.8) is 0 Å². The Morgan fingerprint density at radius 1 is 1.24 bits per heavy atom. The number of para-hydroxylation sites is 1. The molecule has 3 rings (SSSR count). The van der Waals surface area contributed by atoms with E-state index in [0.29, 0.717) is 19.8 Å². The Morgan fingerprint density at radius 2 is 2.06 bits per heavy atom. The van der Waals surface area contributed by atoms with E-state index in [4.69, 9.17) is 9.47 Å². The Hall–Kier alpha value is -1.55. The first-order valence-electron chi connectivity index (χ1n) is 5.92. The molecule has 1 unspecified atom stereocenters. The van der Waals surface area contributed by atoms with Crippen LogP contribution in [0.3, 0.4) is 0 Å². The third-order valence-corrected chi connectivity index (χ3v) is 3.23. The van der Waals surface area contributed by atoms with Crippen LogP contribution < -0.4 is 10.1 Å². The standard InChI is InChI=1S/C13H15NO3/c15-13(14-11-7-16-8-11)10-5-9-3-1-2-4-12(9)17-6-10/h1-4,10-11H,5-8H2,(H,14,15). The maximum absolute atomic E-state index is 12.0. The van der Waals surface area contributed by atoms with Gasteiger partial charge < -0.3 is 14.8 Å². The Morgan fingerprint density at radius 3 is 2.82 bits per heavy atom. The van der Waals surface area contributed by atoms with Crippen molar-refractivity contribution in [3.8, 4) is 5.75 Å². The van der Waals surface area contributed by atoms with E-state index in [0.717, 1.165) is 17.7 Å². The molecule has 90 valence electrons. The molecule has 1 aromatic rings. The number of hydrogen-bond donors (Lipinski definition) is 1. The second-order valence-corrected chi connectivity index (χ2v) is 4.56. The van der Waals surface area contributed by atoms with Crippen LogP contribution in [0, 0.1) is 5.92 Å². The van der Waals surface area contributed by atoms with Crippen molar-refractivity contribution in [2.75, 3.05) is 19.8 Å². The van der Waals surface area contributed by atoms with Crippen molar-refractivity contribution in [2.45, 2.75) is 12.5 Å². The molecule has 1 saturated heterocycles. The van der Waals surface area contributed by atoms with Gasteiger partial charge in [0.25, 0.3) is 0 Å². The van der Waals surface area contributed by atoms with Crippen LogP contribution in [0.15, 0.2) is 24.3 Å². The zero-order valence-electron chi connectivity index (χ0n) is 9.52. The van der Waals surface area contributed by atoms with E-state index in [9.17, 15) is 4.79 Å². The molecule has 0 aromatic heterocycles. The van der Waals surface area contributed by atoms with Gasteiger partial charge in [-0.1, -0.05) is 18.2 Å². The first-order valence-corrected chi connectivity index (χ1v) is 5.92. The molecule has 0 spiro atoms. The fourth-order valence-electron chi connectivity index (χ4n) is 2.13. The molecule has 2 heterocycles. The maximum atomic E-state index is 12.0. The first-order chi connectivity index (χ1) is 8.33. The number of fused-ring (bicyclic) bond motifs is 1. The molecule has 1 fully saturated rings. The number of benzene rings is 1. The highest BCUT2D eigenvalue weighted by Crippen LogP contribution is 2.26. The lowest BCUT2D eigenvalue weighted by Crippen LogP contribution is -2.51. The minimum Gasteiger partial charge on any atom is -0.492 e. The van der Waals surface area contributed by atoms with Gasteiger partial charge in [0.1, 0.15) is 12.4 Å². The van der Waals surface area contributed by atoms with Crippen LogP contribution >= 0.6 is 0 Å². The number of rotatable bonds is 2. The van der Waals surface area contributed by atoms with Crippen molar-refractivity contribution < 1.29 is 14.3 Å². The van der Waals surface area contributed by atoms with Crippen LogP contribution in [0.2, 0.25) is 0 Å². The minimum atomic E-state index is -0.0782. The number of amides is 1. The third-order valence-electron chi connectivity index (χ3n) is 3.23. The van der Waals surface area contributed by atoms with E-state index in [1.165, 1.54) is 0 Å².